The Kier molecular flexibility index (Phi) is 6.36. The second-order valence-electron chi connectivity index (χ2n) is 4.07. The van der Waals surface area contributed by atoms with Crippen molar-refractivity contribution in [3.05, 3.63) is 57.8 Å². The van der Waals surface area contributed by atoms with Gasteiger partial charge in [0.05, 0.1) is 6.10 Å². The fourth-order valence-electron chi connectivity index (χ4n) is 1.71. The quantitative estimate of drug-likeness (QED) is 0.882. The molecule has 0 bridgehead atoms. The first-order valence-electron chi connectivity index (χ1n) is 5.75. The van der Waals surface area contributed by atoms with Crippen LogP contribution in [0, 0.1) is 6.92 Å². The molecule has 2 rings (SSSR count). The SMILES string of the molecule is Cc1ccc(CNCC(O)c2ccccc2)s1.Cl. The standard InChI is InChI=1S/C14H17NOS.ClH/c1-11-7-8-13(17-11)9-15-10-14(16)12-5-3-2-4-6-12;/h2-8,14-16H,9-10H2,1H3;1H. The Morgan fingerprint density at radius 1 is 1.17 bits per heavy atom. The van der Waals surface area contributed by atoms with Gasteiger partial charge < -0.3 is 10.4 Å². The monoisotopic (exact) mass is 283 g/mol. The molecule has 1 heterocycles. The van der Waals surface area contributed by atoms with Crippen LogP contribution in [0.25, 0.3) is 0 Å². The third kappa shape index (κ3) is 4.42. The van der Waals surface area contributed by atoms with Gasteiger partial charge in [0.1, 0.15) is 0 Å². The highest BCUT2D eigenvalue weighted by atomic mass is 35.5. The Hall–Kier alpha value is -0.870. The highest BCUT2D eigenvalue weighted by Gasteiger charge is 2.06. The highest BCUT2D eigenvalue weighted by Crippen LogP contribution is 2.15. The zero-order chi connectivity index (χ0) is 12.1. The van der Waals surface area contributed by atoms with Crippen LogP contribution in [0.2, 0.25) is 0 Å². The molecule has 2 aromatic rings. The van der Waals surface area contributed by atoms with Gasteiger partial charge in [0.15, 0.2) is 0 Å². The number of thiophene rings is 1. The van der Waals surface area contributed by atoms with E-state index >= 15 is 0 Å². The van der Waals surface area contributed by atoms with Crippen molar-refractivity contribution in [2.75, 3.05) is 6.54 Å². The summed E-state index contributed by atoms with van der Waals surface area (Å²) in [6.07, 6.45) is -0.433. The predicted molar refractivity (Wildman–Crippen MR) is 79.4 cm³/mol. The number of aliphatic hydroxyl groups is 1. The Morgan fingerprint density at radius 2 is 1.89 bits per heavy atom. The van der Waals surface area contributed by atoms with E-state index in [-0.39, 0.29) is 12.4 Å². The molecule has 0 radical (unpaired) electrons. The first-order chi connectivity index (χ1) is 8.25. The van der Waals surface area contributed by atoms with Crippen LogP contribution in [-0.4, -0.2) is 11.7 Å². The van der Waals surface area contributed by atoms with Crippen LogP contribution in [0.1, 0.15) is 21.4 Å². The van der Waals surface area contributed by atoms with E-state index in [1.807, 2.05) is 30.3 Å². The summed E-state index contributed by atoms with van der Waals surface area (Å²) in [4.78, 5) is 2.63. The lowest BCUT2D eigenvalue weighted by molar-refractivity contribution is 0.174. The number of aliphatic hydroxyl groups excluding tert-OH is 1. The molecule has 0 aliphatic rings. The Labute approximate surface area is 118 Å². The van der Waals surface area contributed by atoms with E-state index in [4.69, 9.17) is 0 Å². The molecule has 1 atom stereocenters. The first-order valence-corrected chi connectivity index (χ1v) is 6.56. The minimum absolute atomic E-state index is 0. The van der Waals surface area contributed by atoms with Crippen LogP contribution >= 0.6 is 23.7 Å². The van der Waals surface area contributed by atoms with E-state index in [9.17, 15) is 5.11 Å². The van der Waals surface area contributed by atoms with Crippen molar-refractivity contribution in [3.63, 3.8) is 0 Å². The minimum atomic E-state index is -0.433. The van der Waals surface area contributed by atoms with Gasteiger partial charge in [-0.1, -0.05) is 30.3 Å². The maximum absolute atomic E-state index is 9.94. The Balaban J connectivity index is 0.00000162. The summed E-state index contributed by atoms with van der Waals surface area (Å²) in [6, 6.07) is 14.0. The molecule has 1 aromatic heterocycles. The van der Waals surface area contributed by atoms with Crippen molar-refractivity contribution in [2.24, 2.45) is 0 Å². The van der Waals surface area contributed by atoms with E-state index in [1.165, 1.54) is 9.75 Å². The van der Waals surface area contributed by atoms with Gasteiger partial charge >= 0.3 is 0 Å². The Bertz CT molecular complexity index is 458. The van der Waals surface area contributed by atoms with Crippen molar-refractivity contribution in [2.45, 2.75) is 19.6 Å². The molecule has 1 aromatic carbocycles. The number of hydrogen-bond donors (Lipinski definition) is 2. The molecule has 0 saturated heterocycles. The van der Waals surface area contributed by atoms with Crippen LogP contribution in [0.3, 0.4) is 0 Å². The maximum atomic E-state index is 9.94. The average molecular weight is 284 g/mol. The molecule has 2 nitrogen and oxygen atoms in total. The van der Waals surface area contributed by atoms with E-state index in [1.54, 1.807) is 11.3 Å². The van der Waals surface area contributed by atoms with Gasteiger partial charge in [0.25, 0.3) is 0 Å². The molecule has 0 fully saturated rings. The highest BCUT2D eigenvalue weighted by molar-refractivity contribution is 7.11. The zero-order valence-corrected chi connectivity index (χ0v) is 11.9. The van der Waals surface area contributed by atoms with Gasteiger partial charge in [-0.2, -0.15) is 0 Å². The fraction of sp³-hybridized carbons (Fsp3) is 0.286. The predicted octanol–water partition coefficient (Wildman–Crippen LogP) is 3.30. The van der Waals surface area contributed by atoms with Gasteiger partial charge in [-0.25, -0.2) is 0 Å². The van der Waals surface area contributed by atoms with Crippen LogP contribution in [-0.2, 0) is 6.54 Å². The molecular weight excluding hydrogens is 266 g/mol. The molecule has 0 saturated carbocycles. The molecule has 0 aliphatic heterocycles. The Morgan fingerprint density at radius 3 is 2.50 bits per heavy atom. The molecule has 0 amide bonds. The van der Waals surface area contributed by atoms with Crippen molar-refractivity contribution < 1.29 is 5.11 Å². The van der Waals surface area contributed by atoms with Crippen molar-refractivity contribution in [1.82, 2.24) is 5.32 Å². The summed E-state index contributed by atoms with van der Waals surface area (Å²) in [5.41, 5.74) is 0.961. The topological polar surface area (TPSA) is 32.3 Å². The van der Waals surface area contributed by atoms with Crippen molar-refractivity contribution in [3.8, 4) is 0 Å². The molecule has 4 heteroatoms. The summed E-state index contributed by atoms with van der Waals surface area (Å²) in [6.45, 7) is 3.51. The van der Waals surface area contributed by atoms with Gasteiger partial charge in [-0.05, 0) is 24.6 Å². The fourth-order valence-corrected chi connectivity index (χ4v) is 2.57. The number of hydrogen-bond acceptors (Lipinski definition) is 3. The number of halogens is 1. The summed E-state index contributed by atoms with van der Waals surface area (Å²) in [5, 5.41) is 13.2. The summed E-state index contributed by atoms with van der Waals surface area (Å²) in [7, 11) is 0. The lowest BCUT2D eigenvalue weighted by Gasteiger charge is -2.11. The molecule has 0 aliphatic carbocycles. The summed E-state index contributed by atoms with van der Waals surface area (Å²) in [5.74, 6) is 0. The van der Waals surface area contributed by atoms with Crippen LogP contribution in [0.15, 0.2) is 42.5 Å². The maximum Gasteiger partial charge on any atom is 0.0914 e. The molecule has 98 valence electrons. The summed E-state index contributed by atoms with van der Waals surface area (Å²) < 4.78 is 0. The molecule has 0 spiro atoms. The normalized spacial score (nSPS) is 11.9. The number of rotatable bonds is 5. The van der Waals surface area contributed by atoms with E-state index in [0.717, 1.165) is 12.1 Å². The molecule has 18 heavy (non-hydrogen) atoms. The first kappa shape index (κ1) is 15.2. The van der Waals surface area contributed by atoms with Gasteiger partial charge in [-0.15, -0.1) is 23.7 Å². The number of benzene rings is 1. The van der Waals surface area contributed by atoms with E-state index in [2.05, 4.69) is 24.4 Å². The second kappa shape index (κ2) is 7.54. The molecular formula is C14H18ClNOS. The molecule has 2 N–H and O–H groups in total. The minimum Gasteiger partial charge on any atom is -0.387 e. The largest absolute Gasteiger partial charge is 0.387 e. The number of aryl methyl sites for hydroxylation is 1. The smallest absolute Gasteiger partial charge is 0.0914 e. The lowest BCUT2D eigenvalue weighted by atomic mass is 10.1. The van der Waals surface area contributed by atoms with E-state index < -0.39 is 6.10 Å². The van der Waals surface area contributed by atoms with Crippen LogP contribution in [0.5, 0.6) is 0 Å². The number of nitrogens with one attached hydrogen (secondary N) is 1. The average Bonchev–Trinajstić information content (AvgIpc) is 2.76. The van der Waals surface area contributed by atoms with Crippen molar-refractivity contribution in [1.29, 1.82) is 0 Å². The summed E-state index contributed by atoms with van der Waals surface area (Å²) >= 11 is 1.79. The lowest BCUT2D eigenvalue weighted by Crippen LogP contribution is -2.20. The zero-order valence-electron chi connectivity index (χ0n) is 10.3. The second-order valence-corrected chi connectivity index (χ2v) is 5.44. The van der Waals surface area contributed by atoms with Gasteiger partial charge in [-0.3, -0.25) is 0 Å². The van der Waals surface area contributed by atoms with E-state index in [0.29, 0.717) is 6.54 Å². The van der Waals surface area contributed by atoms with Gasteiger partial charge in [0, 0.05) is 22.8 Å². The van der Waals surface area contributed by atoms with Crippen LogP contribution in [0.4, 0.5) is 0 Å². The van der Waals surface area contributed by atoms with Crippen LogP contribution < -0.4 is 5.32 Å². The third-order valence-corrected chi connectivity index (χ3v) is 3.62. The van der Waals surface area contributed by atoms with Gasteiger partial charge in [0.2, 0.25) is 0 Å². The van der Waals surface area contributed by atoms with Crippen molar-refractivity contribution >= 4 is 23.7 Å². The molecule has 1 unspecified atom stereocenters. The third-order valence-electron chi connectivity index (χ3n) is 2.62.